The fourth-order valence-electron chi connectivity index (χ4n) is 3.94. The Hall–Kier alpha value is -2.94. The van der Waals surface area contributed by atoms with E-state index in [9.17, 15) is 0 Å². The summed E-state index contributed by atoms with van der Waals surface area (Å²) >= 11 is 0. The van der Waals surface area contributed by atoms with E-state index in [0.717, 1.165) is 12.5 Å². The SMILES string of the molecule is C[n+]1ccc(-c2cc[n+](-c3ccc(NCCCC[C@@H]4C=CCC4)cc3)cc2)cc1. The van der Waals surface area contributed by atoms with Gasteiger partial charge in [0.05, 0.1) is 0 Å². The van der Waals surface area contributed by atoms with Crippen molar-refractivity contribution in [3.63, 3.8) is 0 Å². The normalized spacial score (nSPS) is 15.6. The summed E-state index contributed by atoms with van der Waals surface area (Å²) in [6.07, 6.45) is 19.7. The smallest absolute Gasteiger partial charge is 0.210 e. The highest BCUT2D eigenvalue weighted by Gasteiger charge is 2.09. The van der Waals surface area contributed by atoms with E-state index < -0.39 is 0 Å². The van der Waals surface area contributed by atoms with Gasteiger partial charge in [0, 0.05) is 48.6 Å². The molecule has 0 unspecified atom stereocenters. The molecule has 0 fully saturated rings. The number of hydrogen-bond donors (Lipinski definition) is 1. The Bertz CT molecular complexity index is 925. The van der Waals surface area contributed by atoms with Gasteiger partial charge in [-0.1, -0.05) is 18.6 Å². The highest BCUT2D eigenvalue weighted by atomic mass is 14.9. The van der Waals surface area contributed by atoms with Gasteiger partial charge in [-0.05, 0) is 54.9 Å². The maximum atomic E-state index is 3.55. The van der Waals surface area contributed by atoms with Crippen LogP contribution in [0.5, 0.6) is 0 Å². The van der Waals surface area contributed by atoms with Crippen molar-refractivity contribution in [3.8, 4) is 16.8 Å². The molecule has 0 bridgehead atoms. The lowest BCUT2D eigenvalue weighted by Crippen LogP contribution is -2.29. The van der Waals surface area contributed by atoms with E-state index >= 15 is 0 Å². The second-order valence-corrected chi connectivity index (χ2v) is 7.98. The van der Waals surface area contributed by atoms with Crippen LogP contribution in [0.4, 0.5) is 5.69 Å². The van der Waals surface area contributed by atoms with Gasteiger partial charge >= 0.3 is 0 Å². The molecule has 0 radical (unpaired) electrons. The quantitative estimate of drug-likeness (QED) is 0.328. The number of allylic oxidation sites excluding steroid dienone is 2. The van der Waals surface area contributed by atoms with Gasteiger partial charge in [0.1, 0.15) is 7.05 Å². The summed E-state index contributed by atoms with van der Waals surface area (Å²) < 4.78 is 4.21. The lowest BCUT2D eigenvalue weighted by atomic mass is 10.0. The van der Waals surface area contributed by atoms with Crippen molar-refractivity contribution in [2.24, 2.45) is 13.0 Å². The van der Waals surface area contributed by atoms with Crippen LogP contribution in [0.2, 0.25) is 0 Å². The third-order valence-electron chi connectivity index (χ3n) is 5.75. The van der Waals surface area contributed by atoms with E-state index in [1.54, 1.807) is 0 Å². The summed E-state index contributed by atoms with van der Waals surface area (Å²) in [4.78, 5) is 0. The third kappa shape index (κ3) is 5.32. The standard InChI is InChI=1S/C26H30N3/c1-28-18-13-23(14-19-28)24-15-20-29(21-16-24)26-11-9-25(10-12-26)27-17-5-4-8-22-6-2-3-7-22/h2,6,9-16,18-22H,3-5,7-8,17H2,1H3/q+1/p+1/t22-/m1/s1. The number of rotatable bonds is 8. The minimum Gasteiger partial charge on any atom is -0.385 e. The predicted octanol–water partition coefficient (Wildman–Crippen LogP) is 5.00. The van der Waals surface area contributed by atoms with Crippen LogP contribution in [0.3, 0.4) is 0 Å². The van der Waals surface area contributed by atoms with Crippen molar-refractivity contribution in [2.75, 3.05) is 11.9 Å². The second-order valence-electron chi connectivity index (χ2n) is 7.98. The number of unbranched alkanes of at least 4 members (excludes halogenated alkanes) is 1. The molecule has 0 aliphatic heterocycles. The number of aromatic nitrogens is 2. The summed E-state index contributed by atoms with van der Waals surface area (Å²) in [5, 5.41) is 3.55. The monoisotopic (exact) mass is 385 g/mol. The molecule has 0 saturated carbocycles. The van der Waals surface area contributed by atoms with Crippen LogP contribution in [-0.2, 0) is 7.05 Å². The minimum absolute atomic E-state index is 0.836. The number of aryl methyl sites for hydroxylation is 1. The number of benzene rings is 1. The molecule has 2 heterocycles. The first kappa shape index (κ1) is 19.4. The van der Waals surface area contributed by atoms with Gasteiger partial charge in [0.25, 0.3) is 0 Å². The van der Waals surface area contributed by atoms with Gasteiger partial charge in [-0.3, -0.25) is 0 Å². The molecule has 0 saturated heterocycles. The lowest BCUT2D eigenvalue weighted by Gasteiger charge is -2.09. The molecule has 3 nitrogen and oxygen atoms in total. The number of anilines is 1. The van der Waals surface area contributed by atoms with E-state index in [2.05, 4.69) is 99.9 Å². The Morgan fingerprint density at radius 3 is 2.21 bits per heavy atom. The first-order valence-electron chi connectivity index (χ1n) is 10.8. The largest absolute Gasteiger partial charge is 0.385 e. The molecule has 4 rings (SSSR count). The number of nitrogens with zero attached hydrogens (tertiary/aromatic N) is 2. The summed E-state index contributed by atoms with van der Waals surface area (Å²) in [5.74, 6) is 0.836. The minimum atomic E-state index is 0.836. The van der Waals surface area contributed by atoms with Gasteiger partial charge in [-0.2, -0.15) is 4.57 Å². The van der Waals surface area contributed by atoms with Gasteiger partial charge in [0.2, 0.25) is 5.69 Å². The Labute approximate surface area is 174 Å². The maximum absolute atomic E-state index is 3.55. The maximum Gasteiger partial charge on any atom is 0.210 e. The van der Waals surface area contributed by atoms with Gasteiger partial charge in [-0.25, -0.2) is 4.57 Å². The molecule has 29 heavy (non-hydrogen) atoms. The van der Waals surface area contributed by atoms with Crippen molar-refractivity contribution in [2.45, 2.75) is 32.1 Å². The molecule has 1 aliphatic carbocycles. The first-order valence-corrected chi connectivity index (χ1v) is 10.8. The Morgan fingerprint density at radius 1 is 0.862 bits per heavy atom. The summed E-state index contributed by atoms with van der Waals surface area (Å²) in [7, 11) is 2.04. The summed E-state index contributed by atoms with van der Waals surface area (Å²) in [6.45, 7) is 1.05. The van der Waals surface area contributed by atoms with E-state index in [0.29, 0.717) is 0 Å². The molecule has 148 valence electrons. The Morgan fingerprint density at radius 2 is 1.55 bits per heavy atom. The highest BCUT2D eigenvalue weighted by Crippen LogP contribution is 2.22. The molecule has 1 atom stereocenters. The Balaban J connectivity index is 1.28. The summed E-state index contributed by atoms with van der Waals surface area (Å²) in [6, 6.07) is 17.3. The fourth-order valence-corrected chi connectivity index (χ4v) is 3.94. The molecule has 1 aliphatic rings. The van der Waals surface area contributed by atoms with E-state index in [1.807, 2.05) is 7.05 Å². The highest BCUT2D eigenvalue weighted by molar-refractivity contribution is 5.61. The molecule has 0 amide bonds. The van der Waals surface area contributed by atoms with Crippen molar-refractivity contribution in [1.82, 2.24) is 0 Å². The van der Waals surface area contributed by atoms with Crippen molar-refractivity contribution in [1.29, 1.82) is 0 Å². The summed E-state index contributed by atoms with van der Waals surface area (Å²) in [5.41, 5.74) is 4.84. The van der Waals surface area contributed by atoms with Crippen LogP contribution < -0.4 is 14.5 Å². The van der Waals surface area contributed by atoms with Crippen LogP contribution in [0.25, 0.3) is 16.8 Å². The van der Waals surface area contributed by atoms with Crippen LogP contribution in [0, 0.1) is 5.92 Å². The molecule has 1 aromatic carbocycles. The predicted molar refractivity (Wildman–Crippen MR) is 119 cm³/mol. The molecule has 0 spiro atoms. The third-order valence-corrected chi connectivity index (χ3v) is 5.75. The van der Waals surface area contributed by atoms with Crippen LogP contribution in [0.15, 0.2) is 85.5 Å². The Kier molecular flexibility index (Phi) is 6.35. The van der Waals surface area contributed by atoms with E-state index in [4.69, 9.17) is 0 Å². The van der Waals surface area contributed by atoms with E-state index in [1.165, 1.54) is 54.6 Å². The van der Waals surface area contributed by atoms with Crippen LogP contribution in [0.1, 0.15) is 32.1 Å². The fraction of sp³-hybridized carbons (Fsp3) is 0.308. The average Bonchev–Trinajstić information content (AvgIpc) is 3.28. The van der Waals surface area contributed by atoms with Crippen LogP contribution in [-0.4, -0.2) is 6.54 Å². The molecular formula is C26H31N3+2. The van der Waals surface area contributed by atoms with Gasteiger partial charge < -0.3 is 5.32 Å². The number of nitrogens with one attached hydrogen (secondary N) is 1. The first-order chi connectivity index (χ1) is 14.3. The number of pyridine rings is 2. The average molecular weight is 386 g/mol. The zero-order valence-corrected chi connectivity index (χ0v) is 17.3. The molecule has 2 aromatic heterocycles. The zero-order valence-electron chi connectivity index (χ0n) is 17.3. The van der Waals surface area contributed by atoms with Crippen molar-refractivity contribution >= 4 is 5.69 Å². The van der Waals surface area contributed by atoms with Crippen LogP contribution >= 0.6 is 0 Å². The number of hydrogen-bond acceptors (Lipinski definition) is 1. The molecule has 3 aromatic rings. The molecule has 3 heteroatoms. The van der Waals surface area contributed by atoms with E-state index in [-0.39, 0.29) is 0 Å². The topological polar surface area (TPSA) is 19.8 Å². The second kappa shape index (κ2) is 9.51. The van der Waals surface area contributed by atoms with Gasteiger partial charge in [-0.15, -0.1) is 0 Å². The van der Waals surface area contributed by atoms with Crippen molar-refractivity contribution in [3.05, 3.63) is 85.5 Å². The molecular weight excluding hydrogens is 354 g/mol. The lowest BCUT2D eigenvalue weighted by molar-refractivity contribution is -0.671. The molecule has 1 N–H and O–H groups in total. The zero-order chi connectivity index (χ0) is 19.9. The van der Waals surface area contributed by atoms with Gasteiger partial charge in [0.15, 0.2) is 24.8 Å². The van der Waals surface area contributed by atoms with Crippen molar-refractivity contribution < 1.29 is 9.13 Å².